The molecule has 4 heteroatoms. The average molecular weight is 390 g/mol. The minimum atomic E-state index is -0.530. The van der Waals surface area contributed by atoms with Crippen LogP contribution in [0.5, 0.6) is 0 Å². The summed E-state index contributed by atoms with van der Waals surface area (Å²) in [6, 6.07) is 11.6. The van der Waals surface area contributed by atoms with E-state index >= 15 is 0 Å². The summed E-state index contributed by atoms with van der Waals surface area (Å²) in [5, 5.41) is 11.0. The lowest BCUT2D eigenvalue weighted by molar-refractivity contribution is 0.155. The molecule has 0 spiro atoms. The van der Waals surface area contributed by atoms with Crippen molar-refractivity contribution in [3.63, 3.8) is 0 Å². The smallest absolute Gasteiger partial charge is 0.0861 e. The molecule has 1 unspecified atom stereocenters. The van der Waals surface area contributed by atoms with Crippen LogP contribution in [0.4, 0.5) is 0 Å². The first kappa shape index (κ1) is 22.2. The van der Waals surface area contributed by atoms with Crippen LogP contribution in [-0.2, 0) is 5.41 Å². The summed E-state index contributed by atoms with van der Waals surface area (Å²) in [6.07, 6.45) is 5.55. The lowest BCUT2D eigenvalue weighted by atomic mass is 9.75. The highest BCUT2D eigenvalue weighted by Crippen LogP contribution is 2.37. The minimum Gasteiger partial charge on any atom is -0.303 e. The number of nitriles is 1. The Labute approximate surface area is 171 Å². The van der Waals surface area contributed by atoms with Crippen LogP contribution in [0.15, 0.2) is 24.3 Å². The number of hydrogen-bond donors (Lipinski definition) is 0. The third-order valence-corrected chi connectivity index (χ3v) is 6.36. The van der Waals surface area contributed by atoms with Gasteiger partial charge in [-0.15, -0.1) is 0 Å². The molecule has 1 heterocycles. The predicted octanol–water partition coefficient (Wildman–Crippen LogP) is 5.49. The molecule has 0 saturated carbocycles. The monoisotopic (exact) mass is 389 g/mol. The fourth-order valence-corrected chi connectivity index (χ4v) is 4.70. The van der Waals surface area contributed by atoms with Crippen LogP contribution in [0.3, 0.4) is 0 Å². The van der Waals surface area contributed by atoms with E-state index < -0.39 is 5.41 Å². The molecule has 1 aliphatic heterocycles. The Kier molecular flexibility index (Phi) is 8.61. The predicted molar refractivity (Wildman–Crippen MR) is 115 cm³/mol. The summed E-state index contributed by atoms with van der Waals surface area (Å²) in [7, 11) is 0. The van der Waals surface area contributed by atoms with E-state index in [-0.39, 0.29) is 0 Å². The van der Waals surface area contributed by atoms with Gasteiger partial charge in [-0.25, -0.2) is 0 Å². The van der Waals surface area contributed by atoms with Crippen LogP contribution in [-0.4, -0.2) is 48.1 Å². The first-order chi connectivity index (χ1) is 12.9. The third kappa shape index (κ3) is 5.95. The Balaban J connectivity index is 2.23. The van der Waals surface area contributed by atoms with Crippen molar-refractivity contribution in [2.24, 2.45) is 0 Å². The van der Waals surface area contributed by atoms with Crippen LogP contribution in [0.25, 0.3) is 0 Å². The van der Waals surface area contributed by atoms with E-state index in [9.17, 15) is 5.26 Å². The van der Waals surface area contributed by atoms with Crippen molar-refractivity contribution < 1.29 is 0 Å². The SMILES string of the molecule is CC(C)N(CCC(C#N)(CCN1CCCCC1)c1ccccc1Cl)C(C)C. The maximum atomic E-state index is 10.3. The second kappa shape index (κ2) is 10.5. The summed E-state index contributed by atoms with van der Waals surface area (Å²) in [5.74, 6) is 0. The van der Waals surface area contributed by atoms with Gasteiger partial charge in [0.15, 0.2) is 0 Å². The van der Waals surface area contributed by atoms with Crippen molar-refractivity contribution in [2.45, 2.75) is 77.3 Å². The van der Waals surface area contributed by atoms with Crippen molar-refractivity contribution in [1.29, 1.82) is 5.26 Å². The molecular weight excluding hydrogens is 354 g/mol. The highest BCUT2D eigenvalue weighted by molar-refractivity contribution is 6.31. The normalized spacial score (nSPS) is 18.0. The average Bonchev–Trinajstić information content (AvgIpc) is 2.65. The van der Waals surface area contributed by atoms with E-state index in [0.717, 1.165) is 49.6 Å². The second-order valence-electron chi connectivity index (χ2n) is 8.50. The lowest BCUT2D eigenvalue weighted by Gasteiger charge is -2.36. The van der Waals surface area contributed by atoms with Crippen LogP contribution in [0.1, 0.15) is 65.4 Å². The summed E-state index contributed by atoms with van der Waals surface area (Å²) >= 11 is 6.57. The van der Waals surface area contributed by atoms with Gasteiger partial charge in [-0.3, -0.25) is 4.90 Å². The van der Waals surface area contributed by atoms with Gasteiger partial charge in [0.2, 0.25) is 0 Å². The molecule has 150 valence electrons. The molecule has 0 aromatic heterocycles. The lowest BCUT2D eigenvalue weighted by Crippen LogP contribution is -2.42. The third-order valence-electron chi connectivity index (χ3n) is 6.03. The fraction of sp³-hybridized carbons (Fsp3) is 0.696. The summed E-state index contributed by atoms with van der Waals surface area (Å²) in [6.45, 7) is 13.1. The van der Waals surface area contributed by atoms with Crippen molar-refractivity contribution in [1.82, 2.24) is 9.80 Å². The zero-order valence-electron chi connectivity index (χ0n) is 17.5. The van der Waals surface area contributed by atoms with Gasteiger partial charge in [0, 0.05) is 23.7 Å². The van der Waals surface area contributed by atoms with Gasteiger partial charge in [0.25, 0.3) is 0 Å². The van der Waals surface area contributed by atoms with Gasteiger partial charge >= 0.3 is 0 Å². The molecule has 1 aromatic carbocycles. The van der Waals surface area contributed by atoms with Gasteiger partial charge in [-0.2, -0.15) is 5.26 Å². The molecule has 1 aromatic rings. The Morgan fingerprint density at radius 3 is 2.26 bits per heavy atom. The molecule has 0 aliphatic carbocycles. The molecule has 0 radical (unpaired) electrons. The molecule has 1 atom stereocenters. The molecule has 3 nitrogen and oxygen atoms in total. The van der Waals surface area contributed by atoms with E-state index in [4.69, 9.17) is 11.6 Å². The summed E-state index contributed by atoms with van der Waals surface area (Å²) < 4.78 is 0. The van der Waals surface area contributed by atoms with Crippen LogP contribution in [0, 0.1) is 11.3 Å². The number of hydrogen-bond acceptors (Lipinski definition) is 3. The molecule has 0 amide bonds. The Bertz CT molecular complexity index is 608. The van der Waals surface area contributed by atoms with Crippen molar-refractivity contribution in [3.05, 3.63) is 34.9 Å². The van der Waals surface area contributed by atoms with E-state index in [1.165, 1.54) is 19.3 Å². The number of piperidine rings is 1. The summed E-state index contributed by atoms with van der Waals surface area (Å²) in [5.41, 5.74) is 0.469. The summed E-state index contributed by atoms with van der Waals surface area (Å²) in [4.78, 5) is 5.00. The zero-order valence-corrected chi connectivity index (χ0v) is 18.3. The van der Waals surface area contributed by atoms with Gasteiger partial charge < -0.3 is 4.90 Å². The molecule has 1 aliphatic rings. The molecule has 1 saturated heterocycles. The Hall–Kier alpha value is -1.08. The number of halogens is 1. The highest BCUT2D eigenvalue weighted by atomic mass is 35.5. The van der Waals surface area contributed by atoms with Crippen molar-refractivity contribution in [2.75, 3.05) is 26.2 Å². The van der Waals surface area contributed by atoms with Crippen molar-refractivity contribution >= 4 is 11.6 Å². The van der Waals surface area contributed by atoms with Crippen molar-refractivity contribution in [3.8, 4) is 6.07 Å². The number of likely N-dealkylation sites (tertiary alicyclic amines) is 1. The van der Waals surface area contributed by atoms with E-state index in [0.29, 0.717) is 12.1 Å². The van der Waals surface area contributed by atoms with Crippen LogP contribution in [0.2, 0.25) is 5.02 Å². The molecule has 0 bridgehead atoms. The molecule has 0 N–H and O–H groups in total. The number of benzene rings is 1. The van der Waals surface area contributed by atoms with Gasteiger partial charge in [-0.1, -0.05) is 36.2 Å². The fourth-order valence-electron chi connectivity index (χ4n) is 4.38. The number of rotatable bonds is 9. The largest absolute Gasteiger partial charge is 0.303 e. The van der Waals surface area contributed by atoms with Gasteiger partial charge in [-0.05, 0) is 84.6 Å². The van der Waals surface area contributed by atoms with Gasteiger partial charge in [0.1, 0.15) is 0 Å². The van der Waals surface area contributed by atoms with Crippen LogP contribution < -0.4 is 0 Å². The van der Waals surface area contributed by atoms with Gasteiger partial charge in [0.05, 0.1) is 11.5 Å². The Morgan fingerprint density at radius 1 is 1.07 bits per heavy atom. The standard InChI is InChI=1S/C23H36ClN3/c1-19(2)27(20(3)4)17-13-23(18-25,21-10-6-7-11-22(21)24)12-16-26-14-8-5-9-15-26/h6-7,10-11,19-20H,5,8-9,12-17H2,1-4H3. The van der Waals surface area contributed by atoms with Crippen LogP contribution >= 0.6 is 11.6 Å². The Morgan fingerprint density at radius 2 is 1.70 bits per heavy atom. The first-order valence-corrected chi connectivity index (χ1v) is 10.9. The van der Waals surface area contributed by atoms with E-state index in [1.807, 2.05) is 18.2 Å². The maximum absolute atomic E-state index is 10.3. The quantitative estimate of drug-likeness (QED) is 0.559. The topological polar surface area (TPSA) is 30.3 Å². The van der Waals surface area contributed by atoms with E-state index in [1.54, 1.807) is 0 Å². The molecule has 2 rings (SSSR count). The zero-order chi connectivity index (χ0) is 19.9. The molecule has 1 fully saturated rings. The molecule has 27 heavy (non-hydrogen) atoms. The number of nitrogens with zero attached hydrogens (tertiary/aromatic N) is 3. The highest BCUT2D eigenvalue weighted by Gasteiger charge is 2.35. The second-order valence-corrected chi connectivity index (χ2v) is 8.91. The first-order valence-electron chi connectivity index (χ1n) is 10.5. The maximum Gasteiger partial charge on any atom is 0.0861 e. The van der Waals surface area contributed by atoms with E-state index in [2.05, 4.69) is 49.6 Å². The molecular formula is C23H36ClN3. The minimum absolute atomic E-state index is 0.467.